The Hall–Kier alpha value is -0.0800. The summed E-state index contributed by atoms with van der Waals surface area (Å²) in [5, 5.41) is 3.79. The lowest BCUT2D eigenvalue weighted by Gasteiger charge is -2.26. The van der Waals surface area contributed by atoms with Crippen LogP contribution in [0.5, 0.6) is 0 Å². The van der Waals surface area contributed by atoms with Gasteiger partial charge in [0.1, 0.15) is 0 Å². The highest BCUT2D eigenvalue weighted by molar-refractivity contribution is 4.96. The standard InChI is InChI=1S/C13H23NO/c1-2-8-15-12(3-1)9-14-13(10-4-5-10)11-6-7-11/h10-14H,1-9H2. The summed E-state index contributed by atoms with van der Waals surface area (Å²) in [7, 11) is 0. The first kappa shape index (κ1) is 10.1. The first-order valence-corrected chi connectivity index (χ1v) is 6.78. The van der Waals surface area contributed by atoms with Crippen LogP contribution in [0.15, 0.2) is 0 Å². The molecule has 0 aromatic rings. The van der Waals surface area contributed by atoms with Crippen molar-refractivity contribution in [3.63, 3.8) is 0 Å². The Bertz CT molecular complexity index is 193. The first-order chi connectivity index (χ1) is 7.43. The Morgan fingerprint density at radius 1 is 1.00 bits per heavy atom. The molecule has 1 heterocycles. The third-order valence-electron chi connectivity index (χ3n) is 4.11. The Morgan fingerprint density at radius 3 is 2.27 bits per heavy atom. The molecule has 0 amide bonds. The Balaban J connectivity index is 1.42. The molecule has 0 radical (unpaired) electrons. The quantitative estimate of drug-likeness (QED) is 0.750. The van der Waals surface area contributed by atoms with Crippen LogP contribution in [0.2, 0.25) is 0 Å². The molecule has 2 saturated carbocycles. The molecule has 1 atom stereocenters. The molecule has 0 aromatic heterocycles. The van der Waals surface area contributed by atoms with Gasteiger partial charge >= 0.3 is 0 Å². The summed E-state index contributed by atoms with van der Waals surface area (Å²) < 4.78 is 5.77. The first-order valence-electron chi connectivity index (χ1n) is 6.78. The maximum Gasteiger partial charge on any atom is 0.0699 e. The molecule has 15 heavy (non-hydrogen) atoms. The normalized spacial score (nSPS) is 32.2. The summed E-state index contributed by atoms with van der Waals surface area (Å²) in [6.45, 7) is 2.10. The molecule has 1 saturated heterocycles. The molecular formula is C13H23NO. The van der Waals surface area contributed by atoms with Crippen LogP contribution < -0.4 is 5.32 Å². The number of rotatable bonds is 5. The van der Waals surface area contributed by atoms with Gasteiger partial charge in [0.05, 0.1) is 6.10 Å². The van der Waals surface area contributed by atoms with Gasteiger partial charge in [0.15, 0.2) is 0 Å². The van der Waals surface area contributed by atoms with Gasteiger partial charge in [0.25, 0.3) is 0 Å². The molecule has 3 rings (SSSR count). The number of hydrogen-bond acceptors (Lipinski definition) is 2. The van der Waals surface area contributed by atoms with Crippen LogP contribution in [0.1, 0.15) is 44.9 Å². The van der Waals surface area contributed by atoms with Crippen molar-refractivity contribution >= 4 is 0 Å². The topological polar surface area (TPSA) is 21.3 Å². The van der Waals surface area contributed by atoms with Gasteiger partial charge in [0.2, 0.25) is 0 Å². The SMILES string of the molecule is C1CCC(CNC(C2CC2)C2CC2)OC1. The van der Waals surface area contributed by atoms with Crippen LogP contribution in [0.3, 0.4) is 0 Å². The van der Waals surface area contributed by atoms with E-state index in [0.29, 0.717) is 6.10 Å². The fraction of sp³-hybridized carbons (Fsp3) is 1.00. The second kappa shape index (κ2) is 4.42. The van der Waals surface area contributed by atoms with Gasteiger partial charge in [-0.25, -0.2) is 0 Å². The molecular weight excluding hydrogens is 186 g/mol. The van der Waals surface area contributed by atoms with E-state index in [1.165, 1.54) is 44.9 Å². The van der Waals surface area contributed by atoms with E-state index in [1.807, 2.05) is 0 Å². The fourth-order valence-corrected chi connectivity index (χ4v) is 2.86. The van der Waals surface area contributed by atoms with Crippen LogP contribution in [0.4, 0.5) is 0 Å². The van der Waals surface area contributed by atoms with Crippen molar-refractivity contribution in [2.24, 2.45) is 11.8 Å². The van der Waals surface area contributed by atoms with Gasteiger partial charge < -0.3 is 10.1 Å². The molecule has 3 fully saturated rings. The molecule has 0 bridgehead atoms. The number of hydrogen-bond donors (Lipinski definition) is 1. The molecule has 3 aliphatic rings. The zero-order valence-corrected chi connectivity index (χ0v) is 9.58. The lowest BCUT2D eigenvalue weighted by molar-refractivity contribution is 0.0145. The minimum Gasteiger partial charge on any atom is -0.377 e. The minimum absolute atomic E-state index is 0.513. The Kier molecular flexibility index (Phi) is 2.98. The van der Waals surface area contributed by atoms with Crippen molar-refractivity contribution in [1.82, 2.24) is 5.32 Å². The van der Waals surface area contributed by atoms with E-state index in [9.17, 15) is 0 Å². The van der Waals surface area contributed by atoms with Crippen LogP contribution >= 0.6 is 0 Å². The predicted octanol–water partition coefficient (Wildman–Crippen LogP) is 2.33. The number of ether oxygens (including phenoxy) is 1. The van der Waals surface area contributed by atoms with E-state index < -0.39 is 0 Å². The van der Waals surface area contributed by atoms with E-state index >= 15 is 0 Å². The van der Waals surface area contributed by atoms with E-state index in [2.05, 4.69) is 5.32 Å². The van der Waals surface area contributed by atoms with Gasteiger partial charge in [-0.1, -0.05) is 0 Å². The lowest BCUT2D eigenvalue weighted by atomic mass is 10.1. The monoisotopic (exact) mass is 209 g/mol. The highest BCUT2D eigenvalue weighted by Gasteiger charge is 2.41. The van der Waals surface area contributed by atoms with Gasteiger partial charge in [-0.05, 0) is 56.8 Å². The zero-order valence-electron chi connectivity index (χ0n) is 9.58. The summed E-state index contributed by atoms with van der Waals surface area (Å²) in [5.41, 5.74) is 0. The molecule has 0 aromatic carbocycles. The highest BCUT2D eigenvalue weighted by atomic mass is 16.5. The van der Waals surface area contributed by atoms with Crippen molar-refractivity contribution < 1.29 is 4.74 Å². The molecule has 0 spiro atoms. The highest BCUT2D eigenvalue weighted by Crippen LogP contribution is 2.44. The molecule has 2 nitrogen and oxygen atoms in total. The average Bonchev–Trinajstić information content (AvgIpc) is 3.14. The third kappa shape index (κ3) is 2.73. The molecule has 1 aliphatic heterocycles. The minimum atomic E-state index is 0.513. The van der Waals surface area contributed by atoms with E-state index in [-0.39, 0.29) is 0 Å². The summed E-state index contributed by atoms with van der Waals surface area (Å²) in [5.74, 6) is 2.03. The van der Waals surface area contributed by atoms with Gasteiger partial charge in [-0.2, -0.15) is 0 Å². The smallest absolute Gasteiger partial charge is 0.0699 e. The summed E-state index contributed by atoms with van der Waals surface area (Å²) in [6, 6.07) is 0.843. The van der Waals surface area contributed by atoms with Crippen LogP contribution in [-0.2, 0) is 4.74 Å². The van der Waals surface area contributed by atoms with E-state index in [4.69, 9.17) is 4.74 Å². The largest absolute Gasteiger partial charge is 0.377 e. The van der Waals surface area contributed by atoms with Crippen LogP contribution in [0.25, 0.3) is 0 Å². The maximum atomic E-state index is 5.77. The van der Waals surface area contributed by atoms with Gasteiger partial charge in [0, 0.05) is 19.2 Å². The van der Waals surface area contributed by atoms with Crippen LogP contribution in [-0.4, -0.2) is 25.3 Å². The molecule has 1 N–H and O–H groups in total. The average molecular weight is 209 g/mol. The van der Waals surface area contributed by atoms with Gasteiger partial charge in [-0.15, -0.1) is 0 Å². The van der Waals surface area contributed by atoms with E-state index in [1.54, 1.807) is 0 Å². The fourth-order valence-electron chi connectivity index (χ4n) is 2.86. The lowest BCUT2D eigenvalue weighted by Crippen LogP contribution is -2.40. The van der Waals surface area contributed by atoms with Crippen molar-refractivity contribution in [1.29, 1.82) is 0 Å². The predicted molar refractivity (Wildman–Crippen MR) is 60.8 cm³/mol. The Morgan fingerprint density at radius 2 is 1.73 bits per heavy atom. The van der Waals surface area contributed by atoms with Crippen LogP contribution in [0, 0.1) is 11.8 Å². The summed E-state index contributed by atoms with van der Waals surface area (Å²) >= 11 is 0. The van der Waals surface area contributed by atoms with Gasteiger partial charge in [-0.3, -0.25) is 0 Å². The van der Waals surface area contributed by atoms with Crippen molar-refractivity contribution in [2.75, 3.05) is 13.2 Å². The number of nitrogens with one attached hydrogen (secondary N) is 1. The maximum absolute atomic E-state index is 5.77. The zero-order chi connectivity index (χ0) is 10.1. The summed E-state index contributed by atoms with van der Waals surface area (Å²) in [6.07, 6.45) is 10.3. The van der Waals surface area contributed by atoms with Crippen molar-refractivity contribution in [3.05, 3.63) is 0 Å². The van der Waals surface area contributed by atoms with Crippen molar-refractivity contribution in [2.45, 2.75) is 57.1 Å². The second-order valence-electron chi connectivity index (χ2n) is 5.60. The third-order valence-corrected chi connectivity index (χ3v) is 4.11. The molecule has 2 heteroatoms. The van der Waals surface area contributed by atoms with E-state index in [0.717, 1.165) is 31.0 Å². The Labute approximate surface area is 92.8 Å². The van der Waals surface area contributed by atoms with Crippen molar-refractivity contribution in [3.8, 4) is 0 Å². The molecule has 86 valence electrons. The molecule has 2 aliphatic carbocycles. The molecule has 1 unspecified atom stereocenters. The summed E-state index contributed by atoms with van der Waals surface area (Å²) in [4.78, 5) is 0. The second-order valence-corrected chi connectivity index (χ2v) is 5.60.